The first-order valence-corrected chi connectivity index (χ1v) is 7.76. The Morgan fingerprint density at radius 3 is 2.61 bits per heavy atom. The highest BCUT2D eigenvalue weighted by molar-refractivity contribution is 6.01. The first-order valence-electron chi connectivity index (χ1n) is 7.76. The lowest BCUT2D eigenvalue weighted by Gasteiger charge is -2.00. The maximum absolute atomic E-state index is 4.53. The van der Waals surface area contributed by atoms with Crippen LogP contribution in [-0.4, -0.2) is 22.5 Å². The van der Waals surface area contributed by atoms with Crippen LogP contribution >= 0.6 is 0 Å². The van der Waals surface area contributed by atoms with E-state index in [1.54, 1.807) is 6.20 Å². The quantitative estimate of drug-likeness (QED) is 0.643. The van der Waals surface area contributed by atoms with Gasteiger partial charge in [0, 0.05) is 28.6 Å². The van der Waals surface area contributed by atoms with E-state index in [2.05, 4.69) is 39.2 Å². The van der Waals surface area contributed by atoms with Crippen LogP contribution in [0.25, 0.3) is 10.8 Å². The maximum atomic E-state index is 4.53. The van der Waals surface area contributed by atoms with Crippen molar-refractivity contribution in [1.29, 1.82) is 0 Å². The fourth-order valence-electron chi connectivity index (χ4n) is 2.77. The van der Waals surface area contributed by atoms with E-state index in [1.807, 2.05) is 36.4 Å². The lowest BCUT2D eigenvalue weighted by molar-refractivity contribution is 0.951. The molecular formula is C20H15N3. The lowest BCUT2D eigenvalue weighted by Crippen LogP contribution is -1.95. The Labute approximate surface area is 135 Å². The smallest absolute Gasteiger partial charge is 0.144 e. The van der Waals surface area contributed by atoms with E-state index in [0.29, 0.717) is 5.69 Å². The summed E-state index contributed by atoms with van der Waals surface area (Å²) >= 11 is 0. The molecule has 0 radical (unpaired) electrons. The molecule has 1 aliphatic heterocycles. The predicted molar refractivity (Wildman–Crippen MR) is 92.6 cm³/mol. The van der Waals surface area contributed by atoms with Gasteiger partial charge in [-0.2, -0.15) is 5.10 Å². The zero-order valence-electron chi connectivity index (χ0n) is 12.7. The standard InChI is InChI=1S/C20H15N3/c1-2-5-18-17(4-1)14-22-23-20(18)12-9-15-7-10-16(11-8-15)19-6-3-13-21-19/h1-2,4-5,7-8,10-11,14H,3,6,13H2. The minimum Gasteiger partial charge on any atom is -0.289 e. The van der Waals surface area contributed by atoms with E-state index in [0.717, 1.165) is 35.7 Å². The third-order valence-electron chi connectivity index (χ3n) is 3.99. The normalized spacial score (nSPS) is 13.5. The van der Waals surface area contributed by atoms with Gasteiger partial charge in [0.15, 0.2) is 0 Å². The molecule has 3 nitrogen and oxygen atoms in total. The molecule has 0 N–H and O–H groups in total. The van der Waals surface area contributed by atoms with Crippen molar-refractivity contribution in [1.82, 2.24) is 10.2 Å². The predicted octanol–water partition coefficient (Wildman–Crippen LogP) is 3.61. The molecule has 0 aliphatic carbocycles. The zero-order valence-corrected chi connectivity index (χ0v) is 12.7. The van der Waals surface area contributed by atoms with Gasteiger partial charge in [0.05, 0.1) is 6.20 Å². The van der Waals surface area contributed by atoms with Gasteiger partial charge in [-0.15, -0.1) is 5.10 Å². The van der Waals surface area contributed by atoms with Gasteiger partial charge in [0.25, 0.3) is 0 Å². The molecule has 1 aromatic heterocycles. The van der Waals surface area contributed by atoms with E-state index in [-0.39, 0.29) is 0 Å². The zero-order chi connectivity index (χ0) is 15.5. The summed E-state index contributed by atoms with van der Waals surface area (Å²) in [6, 6.07) is 16.3. The van der Waals surface area contributed by atoms with Crippen LogP contribution in [0.15, 0.2) is 59.7 Å². The van der Waals surface area contributed by atoms with Gasteiger partial charge < -0.3 is 0 Å². The molecule has 0 unspecified atom stereocenters. The molecule has 0 fully saturated rings. The fraction of sp³-hybridized carbons (Fsp3) is 0.150. The van der Waals surface area contributed by atoms with E-state index >= 15 is 0 Å². The van der Waals surface area contributed by atoms with Crippen LogP contribution in [-0.2, 0) is 0 Å². The fourth-order valence-corrected chi connectivity index (χ4v) is 2.77. The van der Waals surface area contributed by atoms with Crippen LogP contribution in [0.3, 0.4) is 0 Å². The Bertz CT molecular complexity index is 939. The van der Waals surface area contributed by atoms with Gasteiger partial charge in [-0.1, -0.05) is 42.3 Å². The summed E-state index contributed by atoms with van der Waals surface area (Å²) in [4.78, 5) is 4.53. The second-order valence-electron chi connectivity index (χ2n) is 5.54. The van der Waals surface area contributed by atoms with Crippen molar-refractivity contribution in [2.75, 3.05) is 6.54 Å². The Balaban J connectivity index is 1.64. The summed E-state index contributed by atoms with van der Waals surface area (Å²) in [6.07, 6.45) is 4.00. The molecule has 23 heavy (non-hydrogen) atoms. The van der Waals surface area contributed by atoms with Gasteiger partial charge in [0.1, 0.15) is 5.69 Å². The highest BCUT2D eigenvalue weighted by atomic mass is 15.1. The summed E-state index contributed by atoms with van der Waals surface area (Å²) in [5.41, 5.74) is 4.11. The highest BCUT2D eigenvalue weighted by Crippen LogP contribution is 2.15. The van der Waals surface area contributed by atoms with Gasteiger partial charge in [0.2, 0.25) is 0 Å². The SMILES string of the molecule is C(#Cc1nncc2ccccc12)c1ccc(C2=NCCC2)cc1. The molecule has 0 atom stereocenters. The Hall–Kier alpha value is -2.99. The van der Waals surface area contributed by atoms with Gasteiger partial charge >= 0.3 is 0 Å². The molecule has 0 bridgehead atoms. The molecule has 2 aromatic carbocycles. The minimum atomic E-state index is 0.715. The number of fused-ring (bicyclic) bond motifs is 1. The lowest BCUT2D eigenvalue weighted by atomic mass is 10.1. The summed E-state index contributed by atoms with van der Waals surface area (Å²) in [5.74, 6) is 6.32. The van der Waals surface area contributed by atoms with Crippen LogP contribution in [0.2, 0.25) is 0 Å². The number of rotatable bonds is 1. The Kier molecular flexibility index (Phi) is 3.57. The summed E-state index contributed by atoms with van der Waals surface area (Å²) in [7, 11) is 0. The minimum absolute atomic E-state index is 0.715. The third-order valence-corrected chi connectivity index (χ3v) is 3.99. The third kappa shape index (κ3) is 2.84. The molecule has 0 saturated carbocycles. The van der Waals surface area contributed by atoms with Crippen molar-refractivity contribution in [3.63, 3.8) is 0 Å². The molecule has 3 heteroatoms. The topological polar surface area (TPSA) is 38.1 Å². The number of aliphatic imine (C=N–C) groups is 1. The first-order chi connectivity index (χ1) is 11.4. The summed E-state index contributed by atoms with van der Waals surface area (Å²) in [5, 5.41) is 10.3. The van der Waals surface area contributed by atoms with E-state index in [4.69, 9.17) is 0 Å². The van der Waals surface area contributed by atoms with Crippen molar-refractivity contribution in [3.8, 4) is 11.8 Å². The number of benzene rings is 2. The van der Waals surface area contributed by atoms with Crippen LogP contribution in [0, 0.1) is 11.8 Å². The maximum Gasteiger partial charge on any atom is 0.144 e. The van der Waals surface area contributed by atoms with E-state index in [9.17, 15) is 0 Å². The number of aromatic nitrogens is 2. The number of hydrogen-bond acceptors (Lipinski definition) is 3. The molecule has 110 valence electrons. The first kappa shape index (κ1) is 13.7. The van der Waals surface area contributed by atoms with Crippen LogP contribution < -0.4 is 0 Å². The largest absolute Gasteiger partial charge is 0.289 e. The van der Waals surface area contributed by atoms with Gasteiger partial charge in [-0.05, 0) is 36.5 Å². The monoisotopic (exact) mass is 297 g/mol. The van der Waals surface area contributed by atoms with E-state index < -0.39 is 0 Å². The van der Waals surface area contributed by atoms with Crippen molar-refractivity contribution < 1.29 is 0 Å². The molecule has 4 rings (SSSR count). The van der Waals surface area contributed by atoms with Gasteiger partial charge in [-0.25, -0.2) is 0 Å². The average Bonchev–Trinajstić information content (AvgIpc) is 3.15. The highest BCUT2D eigenvalue weighted by Gasteiger charge is 2.08. The Morgan fingerprint density at radius 2 is 1.78 bits per heavy atom. The molecule has 3 aromatic rings. The number of hydrogen-bond donors (Lipinski definition) is 0. The van der Waals surface area contributed by atoms with Crippen molar-refractivity contribution >= 4 is 16.5 Å². The molecule has 1 aliphatic rings. The molecule has 2 heterocycles. The van der Waals surface area contributed by atoms with Crippen molar-refractivity contribution in [3.05, 3.63) is 71.5 Å². The van der Waals surface area contributed by atoms with Gasteiger partial charge in [-0.3, -0.25) is 4.99 Å². The van der Waals surface area contributed by atoms with Crippen LogP contribution in [0.5, 0.6) is 0 Å². The van der Waals surface area contributed by atoms with Crippen molar-refractivity contribution in [2.45, 2.75) is 12.8 Å². The second-order valence-corrected chi connectivity index (χ2v) is 5.54. The molecule has 0 saturated heterocycles. The number of nitrogens with zero attached hydrogens (tertiary/aromatic N) is 3. The molecular weight excluding hydrogens is 282 g/mol. The Morgan fingerprint density at radius 1 is 0.913 bits per heavy atom. The van der Waals surface area contributed by atoms with Crippen LogP contribution in [0.1, 0.15) is 29.7 Å². The summed E-state index contributed by atoms with van der Waals surface area (Å²) in [6.45, 7) is 0.955. The van der Waals surface area contributed by atoms with E-state index in [1.165, 1.54) is 11.3 Å². The van der Waals surface area contributed by atoms with Crippen LogP contribution in [0.4, 0.5) is 0 Å². The second kappa shape index (κ2) is 6.02. The van der Waals surface area contributed by atoms with Crippen molar-refractivity contribution in [2.24, 2.45) is 4.99 Å². The molecule has 0 spiro atoms. The molecule has 0 amide bonds. The average molecular weight is 297 g/mol. The summed E-state index contributed by atoms with van der Waals surface area (Å²) < 4.78 is 0.